The predicted octanol–water partition coefficient (Wildman–Crippen LogP) is 0.570. The highest BCUT2D eigenvalue weighted by molar-refractivity contribution is 7.89. The van der Waals surface area contributed by atoms with E-state index in [0.29, 0.717) is 31.3 Å². The lowest BCUT2D eigenvalue weighted by atomic mass is 10.1. The number of sulfonamides is 1. The number of nitrogens with one attached hydrogen (secondary N) is 1. The fraction of sp³-hybridized carbons (Fsp3) is 0.692. The monoisotopic (exact) mass is 301 g/mol. The Balaban J connectivity index is 2.18. The van der Waals surface area contributed by atoms with Crippen molar-refractivity contribution in [2.24, 2.45) is 5.92 Å². The van der Waals surface area contributed by atoms with E-state index in [9.17, 15) is 8.42 Å². The first kappa shape index (κ1) is 15.5. The van der Waals surface area contributed by atoms with Crippen molar-refractivity contribution in [3.63, 3.8) is 0 Å². The van der Waals surface area contributed by atoms with Crippen LogP contribution in [0.1, 0.15) is 12.7 Å². The first-order valence-electron chi connectivity index (χ1n) is 6.76. The standard InChI is InChI=1S/C13H23N3O3S/c1-10-8-16(9-12(10)15(3)4)20(17,18)13-6-5-11(19-13)7-14-2/h5-6,10,12,14H,7-9H2,1-4H3. The van der Waals surface area contributed by atoms with E-state index in [1.807, 2.05) is 14.1 Å². The molecule has 1 aliphatic heterocycles. The predicted molar refractivity (Wildman–Crippen MR) is 76.9 cm³/mol. The smallest absolute Gasteiger partial charge is 0.276 e. The van der Waals surface area contributed by atoms with Gasteiger partial charge in [0.1, 0.15) is 5.76 Å². The van der Waals surface area contributed by atoms with Crippen LogP contribution in [0, 0.1) is 5.92 Å². The van der Waals surface area contributed by atoms with Gasteiger partial charge in [-0.2, -0.15) is 4.31 Å². The van der Waals surface area contributed by atoms with Crippen molar-refractivity contribution in [3.05, 3.63) is 17.9 Å². The molecule has 114 valence electrons. The zero-order valence-corrected chi connectivity index (χ0v) is 13.3. The van der Waals surface area contributed by atoms with Gasteiger partial charge < -0.3 is 14.6 Å². The molecule has 1 aliphatic rings. The van der Waals surface area contributed by atoms with Crippen LogP contribution >= 0.6 is 0 Å². The minimum atomic E-state index is -3.52. The van der Waals surface area contributed by atoms with Crippen molar-refractivity contribution in [3.8, 4) is 0 Å². The van der Waals surface area contributed by atoms with E-state index in [2.05, 4.69) is 17.1 Å². The highest BCUT2D eigenvalue weighted by atomic mass is 32.2. The highest BCUT2D eigenvalue weighted by Crippen LogP contribution is 2.27. The van der Waals surface area contributed by atoms with E-state index < -0.39 is 10.0 Å². The molecule has 2 atom stereocenters. The lowest BCUT2D eigenvalue weighted by Crippen LogP contribution is -2.35. The second kappa shape index (κ2) is 5.85. The van der Waals surface area contributed by atoms with Crippen LogP contribution in [-0.4, -0.2) is 57.9 Å². The number of hydrogen-bond donors (Lipinski definition) is 1. The SMILES string of the molecule is CNCc1ccc(S(=O)(=O)N2CC(C)C(N(C)C)C2)o1. The Morgan fingerprint density at radius 1 is 1.40 bits per heavy atom. The van der Waals surface area contributed by atoms with Gasteiger partial charge in [-0.1, -0.05) is 6.92 Å². The van der Waals surface area contributed by atoms with Crippen molar-refractivity contribution in [2.75, 3.05) is 34.2 Å². The summed E-state index contributed by atoms with van der Waals surface area (Å²) >= 11 is 0. The largest absolute Gasteiger partial charge is 0.447 e. The third-order valence-electron chi connectivity index (χ3n) is 3.78. The molecule has 1 N–H and O–H groups in total. The van der Waals surface area contributed by atoms with E-state index in [1.165, 1.54) is 10.4 Å². The summed E-state index contributed by atoms with van der Waals surface area (Å²) in [6, 6.07) is 3.48. The third kappa shape index (κ3) is 2.90. The van der Waals surface area contributed by atoms with Gasteiger partial charge in [0.05, 0.1) is 6.54 Å². The molecule has 0 bridgehead atoms. The molecule has 1 saturated heterocycles. The fourth-order valence-corrected chi connectivity index (χ4v) is 4.16. The van der Waals surface area contributed by atoms with Crippen LogP contribution in [0.4, 0.5) is 0 Å². The molecule has 0 aliphatic carbocycles. The molecule has 20 heavy (non-hydrogen) atoms. The summed E-state index contributed by atoms with van der Waals surface area (Å²) in [6.45, 7) is 3.65. The van der Waals surface area contributed by atoms with Gasteiger partial charge in [0.15, 0.2) is 0 Å². The maximum Gasteiger partial charge on any atom is 0.276 e. The van der Waals surface area contributed by atoms with Crippen molar-refractivity contribution < 1.29 is 12.8 Å². The van der Waals surface area contributed by atoms with Crippen LogP contribution in [-0.2, 0) is 16.6 Å². The van der Waals surface area contributed by atoms with Crippen LogP contribution in [0.25, 0.3) is 0 Å². The molecular weight excluding hydrogens is 278 g/mol. The topological polar surface area (TPSA) is 65.8 Å². The molecule has 2 rings (SSSR count). The van der Waals surface area contributed by atoms with Crippen LogP contribution in [0.5, 0.6) is 0 Å². The van der Waals surface area contributed by atoms with E-state index >= 15 is 0 Å². The maximum atomic E-state index is 12.6. The molecule has 1 fully saturated rings. The Morgan fingerprint density at radius 3 is 2.65 bits per heavy atom. The summed E-state index contributed by atoms with van der Waals surface area (Å²) < 4.78 is 32.1. The molecule has 0 spiro atoms. The Hall–Kier alpha value is -0.890. The van der Waals surface area contributed by atoms with E-state index in [1.54, 1.807) is 13.1 Å². The van der Waals surface area contributed by atoms with Gasteiger partial charge in [-0.3, -0.25) is 0 Å². The number of likely N-dealkylation sites (N-methyl/N-ethyl adjacent to an activating group) is 1. The zero-order valence-electron chi connectivity index (χ0n) is 12.5. The van der Waals surface area contributed by atoms with Gasteiger partial charge >= 0.3 is 0 Å². The van der Waals surface area contributed by atoms with Gasteiger partial charge in [0.2, 0.25) is 5.09 Å². The summed E-state index contributed by atoms with van der Waals surface area (Å²) in [5.41, 5.74) is 0. The lowest BCUT2D eigenvalue weighted by Gasteiger charge is -2.22. The third-order valence-corrected chi connectivity index (χ3v) is 5.49. The quantitative estimate of drug-likeness (QED) is 0.861. The normalized spacial score (nSPS) is 24.6. The molecule has 0 saturated carbocycles. The summed E-state index contributed by atoms with van der Waals surface area (Å²) in [5.74, 6) is 0.939. The molecule has 0 amide bonds. The number of rotatable bonds is 5. The Morgan fingerprint density at radius 2 is 2.10 bits per heavy atom. The minimum absolute atomic E-state index is 0.0364. The summed E-state index contributed by atoms with van der Waals surface area (Å²) in [6.07, 6.45) is 0. The van der Waals surface area contributed by atoms with E-state index in [-0.39, 0.29) is 11.1 Å². The Labute approximate surface area is 120 Å². The molecule has 1 aromatic heterocycles. The van der Waals surface area contributed by atoms with Gasteiger partial charge in [-0.25, -0.2) is 8.42 Å². The summed E-state index contributed by atoms with van der Waals surface area (Å²) in [7, 11) is 2.23. The summed E-state index contributed by atoms with van der Waals surface area (Å²) in [4.78, 5) is 2.08. The molecule has 6 nitrogen and oxygen atoms in total. The second-order valence-corrected chi connectivity index (χ2v) is 7.45. The van der Waals surface area contributed by atoms with Crippen LogP contribution in [0.15, 0.2) is 21.6 Å². The molecule has 2 heterocycles. The van der Waals surface area contributed by atoms with E-state index in [4.69, 9.17) is 4.42 Å². The van der Waals surface area contributed by atoms with Gasteiger partial charge in [0.25, 0.3) is 10.0 Å². The fourth-order valence-electron chi connectivity index (χ4n) is 2.67. The van der Waals surface area contributed by atoms with Crippen molar-refractivity contribution in [2.45, 2.75) is 24.6 Å². The van der Waals surface area contributed by atoms with Crippen LogP contribution in [0.3, 0.4) is 0 Å². The molecule has 2 unspecified atom stereocenters. The zero-order chi connectivity index (χ0) is 14.9. The Kier molecular flexibility index (Phi) is 4.53. The lowest BCUT2D eigenvalue weighted by molar-refractivity contribution is 0.262. The van der Waals surface area contributed by atoms with E-state index in [0.717, 1.165) is 0 Å². The van der Waals surface area contributed by atoms with Crippen molar-refractivity contribution >= 4 is 10.0 Å². The average Bonchev–Trinajstić information content (AvgIpc) is 2.96. The van der Waals surface area contributed by atoms with Gasteiger partial charge in [-0.05, 0) is 39.2 Å². The first-order valence-corrected chi connectivity index (χ1v) is 8.20. The first-order chi connectivity index (χ1) is 9.36. The van der Waals surface area contributed by atoms with Crippen LogP contribution < -0.4 is 5.32 Å². The molecule has 1 aromatic rings. The molecular formula is C13H23N3O3S. The number of hydrogen-bond acceptors (Lipinski definition) is 5. The number of nitrogens with zero attached hydrogens (tertiary/aromatic N) is 2. The second-order valence-electron chi connectivity index (χ2n) is 5.58. The average molecular weight is 301 g/mol. The number of furan rings is 1. The van der Waals surface area contributed by atoms with Crippen molar-refractivity contribution in [1.82, 2.24) is 14.5 Å². The molecule has 0 aromatic carbocycles. The van der Waals surface area contributed by atoms with Crippen molar-refractivity contribution in [1.29, 1.82) is 0 Å². The molecule has 7 heteroatoms. The van der Waals surface area contributed by atoms with Gasteiger partial charge in [0, 0.05) is 19.1 Å². The van der Waals surface area contributed by atoms with Gasteiger partial charge in [-0.15, -0.1) is 0 Å². The highest BCUT2D eigenvalue weighted by Gasteiger charge is 2.39. The Bertz CT molecular complexity index is 553. The molecule has 0 radical (unpaired) electrons. The maximum absolute atomic E-state index is 12.6. The van der Waals surface area contributed by atoms with Crippen LogP contribution in [0.2, 0.25) is 0 Å². The minimum Gasteiger partial charge on any atom is -0.447 e. The summed E-state index contributed by atoms with van der Waals surface area (Å²) in [5, 5.41) is 2.97.